The second-order valence-electron chi connectivity index (χ2n) is 1.81. The van der Waals surface area contributed by atoms with Gasteiger partial charge in [-0.25, -0.2) is 0 Å². The number of hydrogen-bond donors (Lipinski definition) is 1. The van der Waals surface area contributed by atoms with Crippen molar-refractivity contribution >= 4 is 0 Å². The SMILES string of the molecule is C1CCNCC1.F.F.F.F. The number of rotatable bonds is 0. The number of hydrogen-bond acceptors (Lipinski definition) is 1. The molecule has 1 rings (SSSR count). The van der Waals surface area contributed by atoms with Crippen molar-refractivity contribution in [2.24, 2.45) is 0 Å². The van der Waals surface area contributed by atoms with E-state index in [2.05, 4.69) is 5.32 Å². The van der Waals surface area contributed by atoms with E-state index in [1.165, 1.54) is 32.4 Å². The van der Waals surface area contributed by atoms with Gasteiger partial charge in [0.15, 0.2) is 0 Å². The Morgan fingerprint density at radius 2 is 1.00 bits per heavy atom. The van der Waals surface area contributed by atoms with Crippen molar-refractivity contribution in [1.82, 2.24) is 5.32 Å². The van der Waals surface area contributed by atoms with Crippen LogP contribution in [0.3, 0.4) is 0 Å². The van der Waals surface area contributed by atoms with Gasteiger partial charge in [-0.3, -0.25) is 18.8 Å². The molecule has 1 N–H and O–H groups in total. The summed E-state index contributed by atoms with van der Waals surface area (Å²) in [6, 6.07) is 0. The van der Waals surface area contributed by atoms with Gasteiger partial charge in [-0.1, -0.05) is 6.42 Å². The molecule has 1 nitrogen and oxygen atoms in total. The Balaban J connectivity index is -0.0000000450. The van der Waals surface area contributed by atoms with E-state index in [0.717, 1.165) is 0 Å². The van der Waals surface area contributed by atoms with E-state index in [1.807, 2.05) is 0 Å². The van der Waals surface area contributed by atoms with Crippen LogP contribution in [0, 0.1) is 0 Å². The summed E-state index contributed by atoms with van der Waals surface area (Å²) in [6.07, 6.45) is 4.22. The lowest BCUT2D eigenvalue weighted by Gasteiger charge is -2.08. The summed E-state index contributed by atoms with van der Waals surface area (Å²) in [5.74, 6) is 0. The molecule has 5 heteroatoms. The maximum absolute atomic E-state index is 3.28. The van der Waals surface area contributed by atoms with Crippen molar-refractivity contribution in [2.75, 3.05) is 13.1 Å². The van der Waals surface area contributed by atoms with Gasteiger partial charge in [0.05, 0.1) is 0 Å². The Morgan fingerprint density at radius 1 is 0.600 bits per heavy atom. The molecule has 0 unspecified atom stereocenters. The summed E-state index contributed by atoms with van der Waals surface area (Å²) in [4.78, 5) is 0. The predicted molar refractivity (Wildman–Crippen MR) is 36.7 cm³/mol. The van der Waals surface area contributed by atoms with Crippen molar-refractivity contribution < 1.29 is 18.8 Å². The molecule has 68 valence electrons. The monoisotopic (exact) mass is 165 g/mol. The standard InChI is InChI=1S/C5H11N.4FH/c1-2-4-6-5-3-1;;;;/h6H,1-5H2;4*1H. The zero-order chi connectivity index (χ0) is 4.24. The lowest BCUT2D eigenvalue weighted by Crippen LogP contribution is -2.21. The molecule has 10 heavy (non-hydrogen) atoms. The van der Waals surface area contributed by atoms with Crippen LogP contribution in [0.5, 0.6) is 0 Å². The number of halogens is 4. The summed E-state index contributed by atoms with van der Waals surface area (Å²) < 4.78 is 0. The predicted octanol–water partition coefficient (Wildman–Crippen LogP) is 1.37. The van der Waals surface area contributed by atoms with Gasteiger partial charge in [0.1, 0.15) is 0 Å². The first-order valence-electron chi connectivity index (χ1n) is 2.71. The molecule has 0 aromatic rings. The van der Waals surface area contributed by atoms with Gasteiger partial charge < -0.3 is 5.32 Å². The van der Waals surface area contributed by atoms with E-state index < -0.39 is 0 Å². The highest BCUT2D eigenvalue weighted by molar-refractivity contribution is 4.55. The molecular weight excluding hydrogens is 150 g/mol. The molecule has 0 aromatic carbocycles. The summed E-state index contributed by atoms with van der Waals surface area (Å²) in [5.41, 5.74) is 0. The topological polar surface area (TPSA) is 12.0 Å². The minimum absolute atomic E-state index is 0. The average molecular weight is 165 g/mol. The van der Waals surface area contributed by atoms with Crippen LogP contribution >= 0.6 is 0 Å². The quantitative estimate of drug-likeness (QED) is 0.534. The molecule has 0 saturated carbocycles. The third kappa shape index (κ3) is 10.6. The summed E-state index contributed by atoms with van der Waals surface area (Å²) in [7, 11) is 0. The van der Waals surface area contributed by atoms with Crippen molar-refractivity contribution in [3.05, 3.63) is 0 Å². The smallest absolute Gasteiger partial charge is 0.00489 e. The maximum atomic E-state index is 3.28. The lowest BCUT2D eigenvalue weighted by atomic mass is 10.2. The van der Waals surface area contributed by atoms with Crippen molar-refractivity contribution in [3.63, 3.8) is 0 Å². The first kappa shape index (κ1) is 22.6. The fourth-order valence-electron chi connectivity index (χ4n) is 0.802. The summed E-state index contributed by atoms with van der Waals surface area (Å²) in [6.45, 7) is 2.50. The molecule has 0 aliphatic carbocycles. The molecule has 0 radical (unpaired) electrons. The normalized spacial score (nSPS) is 14.4. The molecule has 1 aliphatic heterocycles. The molecule has 1 saturated heterocycles. The minimum Gasteiger partial charge on any atom is -0.317 e. The zero-order valence-corrected chi connectivity index (χ0v) is 5.67. The molecular formula is C5H15F4N. The van der Waals surface area contributed by atoms with E-state index in [0.29, 0.717) is 0 Å². The molecule has 0 amide bonds. The third-order valence-electron chi connectivity index (χ3n) is 1.21. The summed E-state index contributed by atoms with van der Waals surface area (Å²) in [5, 5.41) is 3.28. The van der Waals surface area contributed by atoms with Gasteiger partial charge in [0, 0.05) is 0 Å². The van der Waals surface area contributed by atoms with Crippen molar-refractivity contribution in [3.8, 4) is 0 Å². The van der Waals surface area contributed by atoms with E-state index in [4.69, 9.17) is 0 Å². The Bertz CT molecular complexity index is 29.1. The molecule has 0 bridgehead atoms. The van der Waals surface area contributed by atoms with Gasteiger partial charge in [-0.2, -0.15) is 0 Å². The second kappa shape index (κ2) is 15.9. The molecule has 1 fully saturated rings. The first-order chi connectivity index (χ1) is 3.00. The third-order valence-corrected chi connectivity index (χ3v) is 1.21. The lowest BCUT2D eigenvalue weighted by molar-refractivity contribution is 0.520. The van der Waals surface area contributed by atoms with Crippen LogP contribution in [0.25, 0.3) is 0 Å². The van der Waals surface area contributed by atoms with Crippen LogP contribution in [0.4, 0.5) is 18.8 Å². The van der Waals surface area contributed by atoms with E-state index in [1.54, 1.807) is 0 Å². The molecule has 1 heterocycles. The van der Waals surface area contributed by atoms with Gasteiger partial charge >= 0.3 is 0 Å². The molecule has 0 aromatic heterocycles. The molecule has 0 atom stereocenters. The van der Waals surface area contributed by atoms with E-state index in [9.17, 15) is 0 Å². The molecule has 1 aliphatic rings. The van der Waals surface area contributed by atoms with Crippen LogP contribution in [0.1, 0.15) is 19.3 Å². The van der Waals surface area contributed by atoms with Crippen LogP contribution in [-0.4, -0.2) is 13.1 Å². The highest BCUT2D eigenvalue weighted by atomic mass is 19.0. The Kier molecular flexibility index (Phi) is 35.9. The highest BCUT2D eigenvalue weighted by Crippen LogP contribution is 1.96. The first-order valence-corrected chi connectivity index (χ1v) is 2.71. The minimum atomic E-state index is 0. The van der Waals surface area contributed by atoms with E-state index in [-0.39, 0.29) is 18.8 Å². The zero-order valence-electron chi connectivity index (χ0n) is 5.67. The van der Waals surface area contributed by atoms with Crippen molar-refractivity contribution in [2.45, 2.75) is 19.3 Å². The Hall–Kier alpha value is -0.320. The highest BCUT2D eigenvalue weighted by Gasteiger charge is 1.93. The number of piperidine rings is 1. The van der Waals surface area contributed by atoms with Crippen molar-refractivity contribution in [1.29, 1.82) is 0 Å². The number of nitrogens with one attached hydrogen (secondary N) is 1. The van der Waals surface area contributed by atoms with Crippen LogP contribution < -0.4 is 5.32 Å². The molecule has 0 spiro atoms. The van der Waals surface area contributed by atoms with Gasteiger partial charge in [0.2, 0.25) is 0 Å². The maximum Gasteiger partial charge on any atom is -0.00489 e. The average Bonchev–Trinajstić information content (AvgIpc) is 1.72. The van der Waals surface area contributed by atoms with Gasteiger partial charge in [-0.15, -0.1) is 0 Å². The van der Waals surface area contributed by atoms with E-state index >= 15 is 0 Å². The fourth-order valence-corrected chi connectivity index (χ4v) is 0.802. The largest absolute Gasteiger partial charge is 0.317 e. The van der Waals surface area contributed by atoms with Gasteiger partial charge in [0.25, 0.3) is 0 Å². The van der Waals surface area contributed by atoms with Crippen LogP contribution in [-0.2, 0) is 0 Å². The van der Waals surface area contributed by atoms with Crippen LogP contribution in [0.15, 0.2) is 0 Å². The van der Waals surface area contributed by atoms with Gasteiger partial charge in [-0.05, 0) is 25.9 Å². The second-order valence-corrected chi connectivity index (χ2v) is 1.81. The van der Waals surface area contributed by atoms with Crippen LogP contribution in [0.2, 0.25) is 0 Å². The summed E-state index contributed by atoms with van der Waals surface area (Å²) >= 11 is 0. The Morgan fingerprint density at radius 3 is 1.10 bits per heavy atom. The fraction of sp³-hybridized carbons (Fsp3) is 1.00. The Labute approximate surface area is 57.7 Å².